The van der Waals surface area contributed by atoms with E-state index in [1.54, 1.807) is 31.1 Å². The average Bonchev–Trinajstić information content (AvgIpc) is 4.22. The first-order valence-corrected chi connectivity index (χ1v) is 21.7. The normalized spacial score (nSPS) is 20.0. The average molecular weight is 897 g/mol. The molecule has 0 bridgehead atoms. The van der Waals surface area contributed by atoms with Crippen molar-refractivity contribution in [2.75, 3.05) is 81.8 Å². The number of carboxylic acid groups (broad SMARTS) is 2. The van der Waals surface area contributed by atoms with E-state index >= 15 is 8.78 Å². The highest BCUT2D eigenvalue weighted by molar-refractivity contribution is 5.96. The number of anilines is 2. The van der Waals surface area contributed by atoms with Gasteiger partial charge in [0.1, 0.15) is 22.8 Å². The maximum Gasteiger partial charge on any atom is 0.341 e. The van der Waals surface area contributed by atoms with Crippen LogP contribution in [0, 0.1) is 22.5 Å². The van der Waals surface area contributed by atoms with Crippen molar-refractivity contribution in [3.63, 3.8) is 0 Å². The molecule has 1 atom stereocenters. The van der Waals surface area contributed by atoms with Crippen LogP contribution in [0.15, 0.2) is 56.2 Å². The summed E-state index contributed by atoms with van der Waals surface area (Å²) < 4.78 is 34.6. The van der Waals surface area contributed by atoms with Crippen LogP contribution in [0.25, 0.3) is 21.8 Å². The quantitative estimate of drug-likeness (QED) is 0.120. The molecule has 2 saturated carbocycles. The zero-order valence-corrected chi connectivity index (χ0v) is 35.7. The molecule has 20 nitrogen and oxygen atoms in total. The number of hydrogen-bond donors (Lipinski definition) is 6. The van der Waals surface area contributed by atoms with Gasteiger partial charge in [0.25, 0.3) is 0 Å². The van der Waals surface area contributed by atoms with Gasteiger partial charge in [-0.05, 0) is 56.9 Å². The van der Waals surface area contributed by atoms with Gasteiger partial charge in [0.2, 0.25) is 22.8 Å². The zero-order chi connectivity index (χ0) is 46.0. The van der Waals surface area contributed by atoms with E-state index in [4.69, 9.17) is 22.3 Å². The Bertz CT molecular complexity index is 2840. The fourth-order valence-corrected chi connectivity index (χ4v) is 9.14. The van der Waals surface area contributed by atoms with Crippen molar-refractivity contribution in [1.82, 2.24) is 28.7 Å². The molecule has 9 rings (SSSR count). The Kier molecular flexibility index (Phi) is 11.1. The van der Waals surface area contributed by atoms with Crippen molar-refractivity contribution in [3.05, 3.63) is 79.9 Å². The van der Waals surface area contributed by atoms with Gasteiger partial charge in [-0.1, -0.05) is 0 Å². The third-order valence-corrected chi connectivity index (χ3v) is 13.1. The van der Waals surface area contributed by atoms with E-state index in [1.807, 2.05) is 26.5 Å². The number of carboxylic acids is 2. The smallest absolute Gasteiger partial charge is 0.341 e. The summed E-state index contributed by atoms with van der Waals surface area (Å²) in [6.45, 7) is 6.12. The first-order chi connectivity index (χ1) is 31.1. The van der Waals surface area contributed by atoms with Gasteiger partial charge < -0.3 is 60.2 Å². The minimum atomic E-state index is -1.35. The summed E-state index contributed by atoms with van der Waals surface area (Å²) in [5.41, 5.74) is 12.2. The standard InChI is InChI=1S/C43H50F2N14O6/c1-23-20-56(42(48)50-40(46)54-10-6-52(7-11-54)34-18-32-26(16-30(34)44)36(60)28(38(62)63)21-58(32)24-2-3-24)14-15-57(23)43(49)51-41(47)55-12-8-53(9-13-55)35-19-33-27(17-31(35)45)37(61)29(39(64)65)22-59(33)25-4-5-25/h16-19,21-25H,2-15,20H2,1H3,(H,62,63)(H,64,65)(H3,46,48,50)(H3,47,49,51). The number of carbonyl (C=O) groups is 2. The maximum absolute atomic E-state index is 15.5. The number of rotatable bonds is 6. The summed E-state index contributed by atoms with van der Waals surface area (Å²) in [4.78, 5) is 69.1. The molecule has 5 aliphatic rings. The Balaban J connectivity index is 0.781. The van der Waals surface area contributed by atoms with Gasteiger partial charge in [-0.2, -0.15) is 9.98 Å². The van der Waals surface area contributed by atoms with Crippen LogP contribution in [0.5, 0.6) is 0 Å². The largest absolute Gasteiger partial charge is 0.477 e. The Morgan fingerprint density at radius 3 is 1.48 bits per heavy atom. The van der Waals surface area contributed by atoms with E-state index in [0.29, 0.717) is 94.4 Å². The van der Waals surface area contributed by atoms with Gasteiger partial charge in [-0.15, -0.1) is 0 Å². The number of halogens is 2. The number of nitrogens with two attached hydrogens (primary N) is 2. The lowest BCUT2D eigenvalue weighted by Gasteiger charge is -2.41. The van der Waals surface area contributed by atoms with Crippen LogP contribution >= 0.6 is 0 Å². The lowest BCUT2D eigenvalue weighted by atomic mass is 10.1. The molecule has 8 N–H and O–H groups in total. The molecule has 5 heterocycles. The molecule has 0 spiro atoms. The van der Waals surface area contributed by atoms with Crippen LogP contribution in [-0.4, -0.2) is 153 Å². The molecule has 5 fully saturated rings. The van der Waals surface area contributed by atoms with E-state index in [-0.39, 0.29) is 63.9 Å². The number of pyridine rings is 2. The topological polar surface area (TPSA) is 262 Å². The monoisotopic (exact) mass is 896 g/mol. The highest BCUT2D eigenvalue weighted by Crippen LogP contribution is 2.39. The molecule has 0 amide bonds. The summed E-state index contributed by atoms with van der Waals surface area (Å²) >= 11 is 0. The molecule has 1 unspecified atom stereocenters. The Labute approximate surface area is 370 Å². The number of aliphatic imine (C=N–C) groups is 2. The molecular weight excluding hydrogens is 847 g/mol. The number of aromatic nitrogens is 2. The lowest BCUT2D eigenvalue weighted by Crippen LogP contribution is -2.58. The third-order valence-electron chi connectivity index (χ3n) is 13.1. The lowest BCUT2D eigenvalue weighted by molar-refractivity contribution is 0.0684. The van der Waals surface area contributed by atoms with Crippen LogP contribution < -0.4 is 32.1 Å². The van der Waals surface area contributed by atoms with Crippen molar-refractivity contribution in [1.29, 1.82) is 10.8 Å². The highest BCUT2D eigenvalue weighted by atomic mass is 19.1. The van der Waals surface area contributed by atoms with Crippen LogP contribution in [0.1, 0.15) is 65.4 Å². The van der Waals surface area contributed by atoms with Crippen LogP contribution in [0.2, 0.25) is 0 Å². The fraction of sp³-hybridized carbons (Fsp3) is 0.442. The molecule has 22 heteroatoms. The predicted octanol–water partition coefficient (Wildman–Crippen LogP) is 2.11. The molecule has 65 heavy (non-hydrogen) atoms. The van der Waals surface area contributed by atoms with Gasteiger partial charge in [0.15, 0.2) is 11.9 Å². The number of fused-ring (bicyclic) bond motifs is 2. The fourth-order valence-electron chi connectivity index (χ4n) is 9.14. The first kappa shape index (κ1) is 43.0. The van der Waals surface area contributed by atoms with E-state index in [1.165, 1.54) is 12.4 Å². The SMILES string of the molecule is CC1CN(C(=N)/N=C(\N)N2CCN(c3cc4c(cc3F)c(=O)c(C(=O)O)cn4C3CC3)CC2)CCN1/C(N)=N/C(=N)N1CCN(c2cc3c(cc2F)c(=O)c(C(=O)O)cn3C2CC2)CC1. The van der Waals surface area contributed by atoms with Crippen molar-refractivity contribution < 1.29 is 28.6 Å². The van der Waals surface area contributed by atoms with Crippen molar-refractivity contribution >= 4 is 69.0 Å². The number of aromatic carboxylic acids is 2. The molecule has 342 valence electrons. The summed E-state index contributed by atoms with van der Waals surface area (Å²) in [7, 11) is 0. The number of benzene rings is 2. The maximum atomic E-state index is 15.5. The molecule has 2 aliphatic carbocycles. The highest BCUT2D eigenvalue weighted by Gasteiger charge is 2.32. The Morgan fingerprint density at radius 1 is 0.631 bits per heavy atom. The number of nitrogens with zero attached hydrogens (tertiary/aromatic N) is 10. The van der Waals surface area contributed by atoms with Crippen molar-refractivity contribution in [2.24, 2.45) is 21.5 Å². The second-order valence-corrected chi connectivity index (χ2v) is 17.3. The Hall–Kier alpha value is -7.26. The number of nitrogens with one attached hydrogen (secondary N) is 2. The minimum Gasteiger partial charge on any atom is -0.477 e. The van der Waals surface area contributed by atoms with E-state index in [0.717, 1.165) is 37.8 Å². The summed E-state index contributed by atoms with van der Waals surface area (Å²) in [5.74, 6) is -3.71. The van der Waals surface area contributed by atoms with E-state index in [2.05, 4.69) is 9.98 Å². The van der Waals surface area contributed by atoms with Crippen LogP contribution in [-0.2, 0) is 0 Å². The molecule has 4 aromatic rings. The summed E-state index contributed by atoms with van der Waals surface area (Å²) in [6.07, 6.45) is 6.08. The van der Waals surface area contributed by atoms with Gasteiger partial charge in [-0.3, -0.25) is 20.4 Å². The third kappa shape index (κ3) is 8.23. The van der Waals surface area contributed by atoms with Crippen LogP contribution in [0.3, 0.4) is 0 Å². The summed E-state index contributed by atoms with van der Waals surface area (Å²) in [5, 5.41) is 36.7. The number of piperazine rings is 3. The van der Waals surface area contributed by atoms with Gasteiger partial charge >= 0.3 is 11.9 Å². The van der Waals surface area contributed by atoms with Crippen molar-refractivity contribution in [3.8, 4) is 0 Å². The molecule has 3 aliphatic heterocycles. The van der Waals surface area contributed by atoms with E-state index < -0.39 is 34.4 Å². The first-order valence-electron chi connectivity index (χ1n) is 21.7. The predicted molar refractivity (Wildman–Crippen MR) is 241 cm³/mol. The Morgan fingerprint density at radius 2 is 1.05 bits per heavy atom. The second-order valence-electron chi connectivity index (χ2n) is 17.3. The molecule has 3 saturated heterocycles. The van der Waals surface area contributed by atoms with Gasteiger partial charge in [0.05, 0.1) is 22.4 Å². The molecular formula is C43H50F2N14O6. The number of guanidine groups is 4. The minimum absolute atomic E-state index is 0.0272. The van der Waals surface area contributed by atoms with E-state index in [9.17, 15) is 29.4 Å². The zero-order valence-electron chi connectivity index (χ0n) is 35.7. The molecule has 2 aromatic heterocycles. The molecule has 2 aromatic carbocycles. The van der Waals surface area contributed by atoms with Gasteiger partial charge in [-0.25, -0.2) is 18.4 Å². The summed E-state index contributed by atoms with van der Waals surface area (Å²) in [6, 6.07) is 5.40. The van der Waals surface area contributed by atoms with Crippen molar-refractivity contribution in [2.45, 2.75) is 50.7 Å². The van der Waals surface area contributed by atoms with Gasteiger partial charge in [0, 0.05) is 113 Å². The molecule has 0 radical (unpaired) electrons. The van der Waals surface area contributed by atoms with Crippen LogP contribution in [0.4, 0.5) is 20.2 Å². The second kappa shape index (κ2) is 16.7. The number of hydrogen-bond acceptors (Lipinski definition) is 8.